The number of thiophene rings is 1. The summed E-state index contributed by atoms with van der Waals surface area (Å²) in [5.41, 5.74) is 0.0772. The van der Waals surface area contributed by atoms with Crippen LogP contribution in [-0.2, 0) is 22.0 Å². The van der Waals surface area contributed by atoms with E-state index in [1.165, 1.54) is 35.6 Å². The van der Waals surface area contributed by atoms with Crippen molar-refractivity contribution in [1.29, 1.82) is 0 Å². The molecule has 1 aromatic carbocycles. The van der Waals surface area contributed by atoms with E-state index in [4.69, 9.17) is 5.11 Å². The number of sulfone groups is 1. The summed E-state index contributed by atoms with van der Waals surface area (Å²) in [6, 6.07) is 9.05. The van der Waals surface area contributed by atoms with E-state index in [0.717, 1.165) is 16.2 Å². The second kappa shape index (κ2) is 5.76. The molecule has 0 fully saturated rings. The molecule has 2 rings (SSSR count). The minimum atomic E-state index is -3.43. The van der Waals surface area contributed by atoms with Crippen LogP contribution in [-0.4, -0.2) is 19.5 Å². The minimum absolute atomic E-state index is 0.0515. The van der Waals surface area contributed by atoms with Gasteiger partial charge < -0.3 is 5.11 Å². The minimum Gasteiger partial charge on any atom is -0.478 e. The van der Waals surface area contributed by atoms with Crippen molar-refractivity contribution < 1.29 is 18.3 Å². The Kier molecular flexibility index (Phi) is 4.25. The summed E-state index contributed by atoms with van der Waals surface area (Å²) >= 11 is 1.49. The van der Waals surface area contributed by atoms with Crippen LogP contribution in [0.1, 0.15) is 27.0 Å². The molecular formula is C14H14O4S2. The molecule has 0 saturated heterocycles. The summed E-state index contributed by atoms with van der Waals surface area (Å²) in [5, 5.41) is 8.80. The topological polar surface area (TPSA) is 71.4 Å². The number of aromatic carboxylic acids is 1. The Morgan fingerprint density at radius 1 is 1.10 bits per heavy atom. The highest BCUT2D eigenvalue weighted by Gasteiger charge is 2.17. The lowest BCUT2D eigenvalue weighted by Gasteiger charge is -2.03. The summed E-state index contributed by atoms with van der Waals surface area (Å²) < 4.78 is 24.5. The highest BCUT2D eigenvalue weighted by molar-refractivity contribution is 7.90. The van der Waals surface area contributed by atoms with Gasteiger partial charge in [-0.1, -0.05) is 6.92 Å². The fraction of sp³-hybridized carbons (Fsp3) is 0.214. The third kappa shape index (κ3) is 3.26. The molecule has 0 unspecified atom stereocenters. The molecule has 0 saturated carbocycles. The molecule has 0 spiro atoms. The predicted molar refractivity (Wildman–Crippen MR) is 78.0 cm³/mol. The summed E-state index contributed by atoms with van der Waals surface area (Å²) in [6.45, 7) is 2.02. The molecule has 0 aliphatic rings. The number of benzene rings is 1. The zero-order valence-corrected chi connectivity index (χ0v) is 12.5. The molecular weight excluding hydrogens is 296 g/mol. The first-order chi connectivity index (χ1) is 9.42. The smallest absolute Gasteiger partial charge is 0.335 e. The monoisotopic (exact) mass is 310 g/mol. The number of carboxylic acid groups (broad SMARTS) is 1. The molecule has 0 radical (unpaired) electrons. The molecule has 6 heteroatoms. The summed E-state index contributed by atoms with van der Waals surface area (Å²) in [7, 11) is -3.43. The summed E-state index contributed by atoms with van der Waals surface area (Å²) in [4.78, 5) is 12.8. The van der Waals surface area contributed by atoms with Gasteiger partial charge in [-0.2, -0.15) is 0 Å². The molecule has 0 aliphatic heterocycles. The molecule has 1 heterocycles. The fourth-order valence-corrected chi connectivity index (χ4v) is 4.41. The predicted octanol–water partition coefficient (Wildman–Crippen LogP) is 2.98. The first kappa shape index (κ1) is 14.7. The molecule has 4 nitrogen and oxygen atoms in total. The Balaban J connectivity index is 2.23. The highest BCUT2D eigenvalue weighted by Crippen LogP contribution is 2.23. The van der Waals surface area contributed by atoms with Gasteiger partial charge in [0.1, 0.15) is 0 Å². The maximum atomic E-state index is 12.2. The molecule has 20 heavy (non-hydrogen) atoms. The van der Waals surface area contributed by atoms with Crippen molar-refractivity contribution >= 4 is 27.1 Å². The molecule has 0 amide bonds. The molecule has 2 aromatic rings. The molecule has 1 aromatic heterocycles. The molecule has 0 atom stereocenters. The van der Waals surface area contributed by atoms with Crippen LogP contribution < -0.4 is 0 Å². The Bertz CT molecular complexity index is 712. The average Bonchev–Trinajstić information content (AvgIpc) is 2.85. The van der Waals surface area contributed by atoms with Crippen LogP contribution in [0.2, 0.25) is 0 Å². The van der Waals surface area contributed by atoms with Crippen LogP contribution in [0, 0.1) is 0 Å². The number of carbonyl (C=O) groups is 1. The van der Waals surface area contributed by atoms with Crippen LogP contribution >= 0.6 is 11.3 Å². The molecule has 106 valence electrons. The first-order valence-corrected chi connectivity index (χ1v) is 8.53. The van der Waals surface area contributed by atoms with Crippen LogP contribution in [0.25, 0.3) is 0 Å². The summed E-state index contributed by atoms with van der Waals surface area (Å²) in [6.07, 6.45) is 0.887. The van der Waals surface area contributed by atoms with Gasteiger partial charge in [-0.15, -0.1) is 11.3 Å². The lowest BCUT2D eigenvalue weighted by atomic mass is 10.2. The first-order valence-electron chi connectivity index (χ1n) is 6.06. The van der Waals surface area contributed by atoms with Gasteiger partial charge in [0.2, 0.25) is 0 Å². The largest absolute Gasteiger partial charge is 0.478 e. The van der Waals surface area contributed by atoms with E-state index in [-0.39, 0.29) is 16.2 Å². The Labute approximate surface area is 121 Å². The quantitative estimate of drug-likeness (QED) is 0.921. The van der Waals surface area contributed by atoms with Gasteiger partial charge in [0.15, 0.2) is 9.84 Å². The van der Waals surface area contributed by atoms with Gasteiger partial charge in [0.25, 0.3) is 0 Å². The molecule has 0 aliphatic carbocycles. The van der Waals surface area contributed by atoms with Crippen molar-refractivity contribution in [1.82, 2.24) is 0 Å². The van der Waals surface area contributed by atoms with Gasteiger partial charge in [0.05, 0.1) is 16.2 Å². The van der Waals surface area contributed by atoms with E-state index >= 15 is 0 Å². The number of carboxylic acids is 1. The van der Waals surface area contributed by atoms with Crippen molar-refractivity contribution in [2.75, 3.05) is 0 Å². The number of aryl methyl sites for hydroxylation is 1. The standard InChI is InChI=1S/C14H14O4S2/c1-2-11-5-6-12(19-11)9-20(17,18)13-7-3-10(4-8-13)14(15)16/h3-8H,2,9H2,1H3,(H,15,16). The van der Waals surface area contributed by atoms with Crippen molar-refractivity contribution in [3.63, 3.8) is 0 Å². The van der Waals surface area contributed by atoms with Crippen molar-refractivity contribution in [2.24, 2.45) is 0 Å². The van der Waals surface area contributed by atoms with Crippen molar-refractivity contribution in [3.05, 3.63) is 51.7 Å². The van der Waals surface area contributed by atoms with Crippen molar-refractivity contribution in [2.45, 2.75) is 24.0 Å². The van der Waals surface area contributed by atoms with Crippen molar-refractivity contribution in [3.8, 4) is 0 Å². The van der Waals surface area contributed by atoms with E-state index in [1.54, 1.807) is 0 Å². The maximum Gasteiger partial charge on any atom is 0.335 e. The Morgan fingerprint density at radius 3 is 2.20 bits per heavy atom. The van der Waals surface area contributed by atoms with E-state index in [1.807, 2.05) is 19.1 Å². The van der Waals surface area contributed by atoms with E-state index in [2.05, 4.69) is 0 Å². The Morgan fingerprint density at radius 2 is 1.70 bits per heavy atom. The lowest BCUT2D eigenvalue weighted by molar-refractivity contribution is 0.0696. The van der Waals surface area contributed by atoms with Gasteiger partial charge >= 0.3 is 5.97 Å². The molecule has 1 N–H and O–H groups in total. The van der Waals surface area contributed by atoms with E-state index in [9.17, 15) is 13.2 Å². The average molecular weight is 310 g/mol. The number of hydrogen-bond donors (Lipinski definition) is 1. The van der Waals surface area contributed by atoms with Gasteiger partial charge in [-0.05, 0) is 42.8 Å². The Hall–Kier alpha value is -1.66. The second-order valence-corrected chi connectivity index (χ2v) is 7.55. The maximum absolute atomic E-state index is 12.2. The normalized spacial score (nSPS) is 11.4. The third-order valence-corrected chi connectivity index (χ3v) is 5.95. The SMILES string of the molecule is CCc1ccc(CS(=O)(=O)c2ccc(C(=O)O)cc2)s1. The lowest BCUT2D eigenvalue weighted by Crippen LogP contribution is -2.04. The number of rotatable bonds is 5. The third-order valence-electron chi connectivity index (χ3n) is 2.86. The fourth-order valence-electron chi connectivity index (χ4n) is 1.77. The van der Waals surface area contributed by atoms with Gasteiger partial charge in [-0.3, -0.25) is 0 Å². The van der Waals surface area contributed by atoms with Crippen LogP contribution in [0.15, 0.2) is 41.3 Å². The van der Waals surface area contributed by atoms with E-state index < -0.39 is 15.8 Å². The van der Waals surface area contributed by atoms with Gasteiger partial charge in [-0.25, -0.2) is 13.2 Å². The van der Waals surface area contributed by atoms with Crippen LogP contribution in [0.5, 0.6) is 0 Å². The zero-order chi connectivity index (χ0) is 14.8. The van der Waals surface area contributed by atoms with Crippen LogP contribution in [0.3, 0.4) is 0 Å². The second-order valence-electron chi connectivity index (χ2n) is 4.31. The number of hydrogen-bond acceptors (Lipinski definition) is 4. The zero-order valence-electron chi connectivity index (χ0n) is 10.9. The van der Waals surface area contributed by atoms with Gasteiger partial charge in [0, 0.05) is 9.75 Å². The van der Waals surface area contributed by atoms with Crippen LogP contribution in [0.4, 0.5) is 0 Å². The molecule has 0 bridgehead atoms. The van der Waals surface area contributed by atoms with E-state index in [0.29, 0.717) is 0 Å². The summed E-state index contributed by atoms with van der Waals surface area (Å²) in [5.74, 6) is -1.12. The highest BCUT2D eigenvalue weighted by atomic mass is 32.2.